The number of anilines is 1. The number of hydrogen-bond donors (Lipinski definition) is 1. The van der Waals surface area contributed by atoms with Gasteiger partial charge in [0.25, 0.3) is 5.69 Å². The van der Waals surface area contributed by atoms with Crippen LogP contribution in [-0.4, -0.2) is 55.1 Å². The van der Waals surface area contributed by atoms with Gasteiger partial charge in [0.15, 0.2) is 0 Å². The first-order valence-corrected chi connectivity index (χ1v) is 11.9. The lowest BCUT2D eigenvalue weighted by Gasteiger charge is -2.26. The van der Waals surface area contributed by atoms with Crippen molar-refractivity contribution in [2.24, 2.45) is 5.10 Å². The van der Waals surface area contributed by atoms with Crippen molar-refractivity contribution in [3.8, 4) is 11.3 Å². The molecule has 0 atom stereocenters. The van der Waals surface area contributed by atoms with Gasteiger partial charge in [0.05, 0.1) is 34.9 Å². The van der Waals surface area contributed by atoms with Gasteiger partial charge in [-0.3, -0.25) is 15.5 Å². The summed E-state index contributed by atoms with van der Waals surface area (Å²) in [5, 5.41) is 17.2. The van der Waals surface area contributed by atoms with Crippen molar-refractivity contribution < 1.29 is 18.1 Å². The number of thiazole rings is 1. The standard InChI is InChI=1S/C20H19N5O5S2/c26-25(27)17-5-1-15(2-6-17)13-21-23-20-22-19(14-31-20)16-3-7-18(8-4-16)32(28,29)24-9-11-30-12-10-24/h1-8,13-14H,9-12H2,(H,22,23)/b21-13+. The van der Waals surface area contributed by atoms with Crippen LogP contribution in [0.15, 0.2) is 63.9 Å². The summed E-state index contributed by atoms with van der Waals surface area (Å²) >= 11 is 1.35. The highest BCUT2D eigenvalue weighted by Crippen LogP contribution is 2.27. The maximum Gasteiger partial charge on any atom is 0.269 e. The van der Waals surface area contributed by atoms with E-state index < -0.39 is 14.9 Å². The van der Waals surface area contributed by atoms with Gasteiger partial charge in [-0.15, -0.1) is 11.3 Å². The Labute approximate surface area is 188 Å². The number of aromatic nitrogens is 1. The first-order valence-electron chi connectivity index (χ1n) is 9.61. The van der Waals surface area contributed by atoms with Crippen LogP contribution in [0.3, 0.4) is 0 Å². The summed E-state index contributed by atoms with van der Waals surface area (Å²) in [4.78, 5) is 14.9. The fourth-order valence-electron chi connectivity index (χ4n) is 3.04. The van der Waals surface area contributed by atoms with E-state index in [4.69, 9.17) is 4.74 Å². The highest BCUT2D eigenvalue weighted by atomic mass is 32.2. The first kappa shape index (κ1) is 22.0. The number of rotatable bonds is 7. The number of ether oxygens (including phenoxy) is 1. The van der Waals surface area contributed by atoms with Gasteiger partial charge in [0.1, 0.15) is 0 Å². The van der Waals surface area contributed by atoms with E-state index in [1.807, 2.05) is 5.38 Å². The van der Waals surface area contributed by atoms with Crippen molar-refractivity contribution >= 4 is 38.4 Å². The van der Waals surface area contributed by atoms with Crippen molar-refractivity contribution in [1.82, 2.24) is 9.29 Å². The molecule has 1 aromatic heterocycles. The number of hydrazone groups is 1. The third-order valence-electron chi connectivity index (χ3n) is 4.74. The molecular formula is C20H19N5O5S2. The van der Waals surface area contributed by atoms with E-state index in [1.165, 1.54) is 34.0 Å². The van der Waals surface area contributed by atoms with E-state index in [1.54, 1.807) is 36.4 Å². The molecule has 0 saturated carbocycles. The molecule has 0 unspecified atom stereocenters. The summed E-state index contributed by atoms with van der Waals surface area (Å²) in [6, 6.07) is 12.6. The third-order valence-corrected chi connectivity index (χ3v) is 7.40. The Hall–Kier alpha value is -3.19. The molecule has 1 saturated heterocycles. The number of hydrogen-bond acceptors (Lipinski definition) is 9. The van der Waals surface area contributed by atoms with Crippen LogP contribution >= 0.6 is 11.3 Å². The molecule has 12 heteroatoms. The Morgan fingerprint density at radius 1 is 1.12 bits per heavy atom. The van der Waals surface area contributed by atoms with Crippen molar-refractivity contribution in [2.75, 3.05) is 31.7 Å². The molecule has 2 heterocycles. The molecule has 1 aliphatic heterocycles. The van der Waals surface area contributed by atoms with Gasteiger partial charge >= 0.3 is 0 Å². The van der Waals surface area contributed by atoms with Crippen molar-refractivity contribution in [2.45, 2.75) is 4.90 Å². The zero-order valence-electron chi connectivity index (χ0n) is 16.7. The molecular weight excluding hydrogens is 454 g/mol. The van der Waals surface area contributed by atoms with Crippen LogP contribution in [0.2, 0.25) is 0 Å². The number of non-ortho nitro benzene ring substituents is 1. The van der Waals surface area contributed by atoms with Gasteiger partial charge in [-0.05, 0) is 29.8 Å². The monoisotopic (exact) mass is 473 g/mol. The van der Waals surface area contributed by atoms with Crippen molar-refractivity contribution in [3.05, 3.63) is 69.6 Å². The van der Waals surface area contributed by atoms with Crippen LogP contribution in [0.25, 0.3) is 11.3 Å². The van der Waals surface area contributed by atoms with E-state index in [0.29, 0.717) is 42.7 Å². The van der Waals surface area contributed by atoms with Gasteiger partial charge < -0.3 is 4.74 Å². The van der Waals surface area contributed by atoms with Crippen LogP contribution in [-0.2, 0) is 14.8 Å². The van der Waals surface area contributed by atoms with E-state index in [2.05, 4.69) is 15.5 Å². The SMILES string of the molecule is O=[N+]([O-])c1ccc(/C=N/Nc2nc(-c3ccc(S(=O)(=O)N4CCOCC4)cc3)cs2)cc1. The lowest BCUT2D eigenvalue weighted by atomic mass is 10.2. The number of benzene rings is 2. The van der Waals surface area contributed by atoms with Gasteiger partial charge in [-0.2, -0.15) is 9.41 Å². The van der Waals surface area contributed by atoms with Crippen molar-refractivity contribution in [1.29, 1.82) is 0 Å². The number of nitrogens with zero attached hydrogens (tertiary/aromatic N) is 4. The molecule has 10 nitrogen and oxygen atoms in total. The quantitative estimate of drug-likeness (QED) is 0.317. The summed E-state index contributed by atoms with van der Waals surface area (Å²) in [7, 11) is -3.53. The number of morpholine rings is 1. The van der Waals surface area contributed by atoms with Crippen LogP contribution in [0, 0.1) is 10.1 Å². The number of nitrogens with one attached hydrogen (secondary N) is 1. The van der Waals surface area contributed by atoms with Crippen LogP contribution < -0.4 is 5.43 Å². The lowest BCUT2D eigenvalue weighted by Crippen LogP contribution is -2.40. The molecule has 0 amide bonds. The van der Waals surface area contributed by atoms with E-state index >= 15 is 0 Å². The molecule has 0 aliphatic carbocycles. The first-order chi connectivity index (χ1) is 15.4. The fourth-order valence-corrected chi connectivity index (χ4v) is 5.11. The molecule has 1 aliphatic rings. The summed E-state index contributed by atoms with van der Waals surface area (Å²) < 4.78 is 32.1. The van der Waals surface area contributed by atoms with Gasteiger partial charge in [-0.1, -0.05) is 12.1 Å². The predicted octanol–water partition coefficient (Wildman–Crippen LogP) is 3.19. The molecule has 1 fully saturated rings. The van der Waals surface area contributed by atoms with Crippen LogP contribution in [0.1, 0.15) is 5.56 Å². The van der Waals surface area contributed by atoms with Gasteiger partial charge in [0, 0.05) is 36.2 Å². The minimum absolute atomic E-state index is 0.0171. The largest absolute Gasteiger partial charge is 0.379 e. The van der Waals surface area contributed by atoms with E-state index in [0.717, 1.165) is 5.56 Å². The number of sulfonamides is 1. The average Bonchev–Trinajstić information content (AvgIpc) is 3.29. The zero-order valence-corrected chi connectivity index (χ0v) is 18.4. The molecule has 166 valence electrons. The molecule has 1 N–H and O–H groups in total. The van der Waals surface area contributed by atoms with Gasteiger partial charge in [-0.25, -0.2) is 13.4 Å². The molecule has 2 aromatic carbocycles. The zero-order chi connectivity index (χ0) is 22.6. The Bertz CT molecular complexity index is 1220. The lowest BCUT2D eigenvalue weighted by molar-refractivity contribution is -0.384. The molecule has 0 bridgehead atoms. The highest BCUT2D eigenvalue weighted by molar-refractivity contribution is 7.89. The number of nitro groups is 1. The molecule has 32 heavy (non-hydrogen) atoms. The Balaban J connectivity index is 1.40. The summed E-state index contributed by atoms with van der Waals surface area (Å²) in [5.41, 5.74) is 5.03. The maximum absolute atomic E-state index is 12.7. The highest BCUT2D eigenvalue weighted by Gasteiger charge is 2.26. The fraction of sp³-hybridized carbons (Fsp3) is 0.200. The van der Waals surface area contributed by atoms with E-state index in [-0.39, 0.29) is 10.6 Å². The Morgan fingerprint density at radius 3 is 2.47 bits per heavy atom. The molecule has 0 spiro atoms. The Morgan fingerprint density at radius 2 is 1.81 bits per heavy atom. The number of nitro benzene ring substituents is 1. The third kappa shape index (κ3) is 4.99. The van der Waals surface area contributed by atoms with Crippen LogP contribution in [0.5, 0.6) is 0 Å². The second kappa shape index (κ2) is 9.53. The van der Waals surface area contributed by atoms with Crippen LogP contribution in [0.4, 0.5) is 10.8 Å². The minimum Gasteiger partial charge on any atom is -0.379 e. The molecule has 3 aromatic rings. The summed E-state index contributed by atoms with van der Waals surface area (Å²) in [5.74, 6) is 0. The minimum atomic E-state index is -3.53. The second-order valence-electron chi connectivity index (χ2n) is 6.80. The molecule has 4 rings (SSSR count). The maximum atomic E-state index is 12.7. The summed E-state index contributed by atoms with van der Waals surface area (Å²) in [6.45, 7) is 1.51. The van der Waals surface area contributed by atoms with Gasteiger partial charge in [0.2, 0.25) is 15.2 Å². The normalized spacial score (nSPS) is 15.1. The average molecular weight is 474 g/mol. The van der Waals surface area contributed by atoms with Crippen molar-refractivity contribution in [3.63, 3.8) is 0 Å². The predicted molar refractivity (Wildman–Crippen MR) is 121 cm³/mol. The Kier molecular flexibility index (Phi) is 6.55. The second-order valence-corrected chi connectivity index (χ2v) is 9.59. The van der Waals surface area contributed by atoms with E-state index in [9.17, 15) is 18.5 Å². The topological polar surface area (TPSA) is 127 Å². The summed E-state index contributed by atoms with van der Waals surface area (Å²) in [6.07, 6.45) is 1.54. The smallest absolute Gasteiger partial charge is 0.269 e. The molecule has 0 radical (unpaired) electrons.